The Morgan fingerprint density at radius 1 is 1.35 bits per heavy atom. The highest BCUT2D eigenvalue weighted by atomic mass is 32.2. The lowest BCUT2D eigenvalue weighted by Gasteiger charge is -2.20. The third kappa shape index (κ3) is 5.83. The van der Waals surface area contributed by atoms with Crippen LogP contribution in [0.25, 0.3) is 0 Å². The molecule has 3 amide bonds. The Labute approximate surface area is 141 Å². The molecule has 1 aromatic heterocycles. The van der Waals surface area contributed by atoms with Gasteiger partial charge in [-0.3, -0.25) is 10.1 Å². The van der Waals surface area contributed by atoms with E-state index in [2.05, 4.69) is 48.0 Å². The van der Waals surface area contributed by atoms with Crippen molar-refractivity contribution >= 4 is 23.7 Å². The zero-order valence-corrected chi connectivity index (χ0v) is 15.1. The summed E-state index contributed by atoms with van der Waals surface area (Å²) in [7, 11) is 4.19. The van der Waals surface area contributed by atoms with Crippen molar-refractivity contribution in [1.82, 2.24) is 20.1 Å². The van der Waals surface area contributed by atoms with Crippen molar-refractivity contribution in [2.24, 2.45) is 5.73 Å². The van der Waals surface area contributed by atoms with Gasteiger partial charge in [-0.1, -0.05) is 32.0 Å². The third-order valence-electron chi connectivity index (χ3n) is 3.49. The molecule has 0 aliphatic rings. The molecule has 4 N–H and O–H groups in total. The maximum absolute atomic E-state index is 11.6. The summed E-state index contributed by atoms with van der Waals surface area (Å²) in [5.41, 5.74) is 4.94. The fourth-order valence-electron chi connectivity index (χ4n) is 2.34. The summed E-state index contributed by atoms with van der Waals surface area (Å²) in [6, 6.07) is -0.584. The van der Waals surface area contributed by atoms with Crippen molar-refractivity contribution in [3.8, 4) is 0 Å². The number of imide groups is 1. The molecular weight excluding hydrogens is 316 g/mol. The van der Waals surface area contributed by atoms with Gasteiger partial charge in [-0.2, -0.15) is 0 Å². The second-order valence-electron chi connectivity index (χ2n) is 5.59. The zero-order chi connectivity index (χ0) is 17.4. The predicted octanol–water partition coefficient (Wildman–Crippen LogP) is -0.0392. The Bertz CT molecular complexity index is 531. The Balaban J connectivity index is 2.91. The van der Waals surface area contributed by atoms with Gasteiger partial charge in [0.05, 0.1) is 19.8 Å². The molecule has 0 spiro atoms. The zero-order valence-electron chi connectivity index (χ0n) is 14.3. The van der Waals surface area contributed by atoms with Crippen LogP contribution in [0.15, 0.2) is 5.16 Å². The number of hydrogen-bond donors (Lipinski definition) is 3. The lowest BCUT2D eigenvalue weighted by molar-refractivity contribution is -0.893. The first-order valence-electron chi connectivity index (χ1n) is 7.85. The van der Waals surface area contributed by atoms with E-state index >= 15 is 0 Å². The topological polar surface area (TPSA) is 107 Å². The second-order valence-corrected chi connectivity index (χ2v) is 6.53. The number of nitrogens with two attached hydrogens (primary N) is 1. The number of nitrogens with zero attached hydrogens (tertiary/aromatic N) is 3. The first-order valence-corrected chi connectivity index (χ1v) is 8.84. The number of quaternary nitrogens is 1. The van der Waals surface area contributed by atoms with Gasteiger partial charge >= 0.3 is 6.03 Å². The maximum atomic E-state index is 11.6. The molecule has 0 saturated heterocycles. The maximum Gasteiger partial charge on any atom is 0.318 e. The summed E-state index contributed by atoms with van der Waals surface area (Å²) in [6.07, 6.45) is 3.04. The van der Waals surface area contributed by atoms with Crippen LogP contribution in [0.3, 0.4) is 0 Å². The number of carbonyl (C=O) groups excluding carboxylic acids is 2. The molecule has 0 saturated carbocycles. The number of aromatic nitrogens is 3. The fourth-order valence-corrected chi connectivity index (χ4v) is 3.12. The van der Waals surface area contributed by atoms with E-state index in [-0.39, 0.29) is 11.8 Å². The summed E-state index contributed by atoms with van der Waals surface area (Å²) in [6.45, 7) is 5.08. The highest BCUT2D eigenvalue weighted by Crippen LogP contribution is 2.21. The van der Waals surface area contributed by atoms with Gasteiger partial charge in [0, 0.05) is 13.0 Å². The number of amides is 3. The summed E-state index contributed by atoms with van der Waals surface area (Å²) in [4.78, 5) is 23.5. The van der Waals surface area contributed by atoms with Crippen LogP contribution >= 0.6 is 11.8 Å². The number of rotatable bonds is 9. The van der Waals surface area contributed by atoms with E-state index in [0.29, 0.717) is 5.16 Å². The van der Waals surface area contributed by atoms with Crippen molar-refractivity contribution in [1.29, 1.82) is 0 Å². The van der Waals surface area contributed by atoms with E-state index in [0.717, 1.165) is 31.6 Å². The van der Waals surface area contributed by atoms with Crippen molar-refractivity contribution < 1.29 is 14.5 Å². The van der Waals surface area contributed by atoms with E-state index < -0.39 is 11.9 Å². The Morgan fingerprint density at radius 2 is 2.04 bits per heavy atom. The Kier molecular flexibility index (Phi) is 8.04. The lowest BCUT2D eigenvalue weighted by atomic mass is 10.2. The van der Waals surface area contributed by atoms with Crippen LogP contribution in [0.5, 0.6) is 0 Å². The molecule has 0 bridgehead atoms. The summed E-state index contributed by atoms with van der Waals surface area (Å²) in [5, 5.41) is 11.3. The Morgan fingerprint density at radius 3 is 2.57 bits per heavy atom. The summed E-state index contributed by atoms with van der Waals surface area (Å²) < 4.78 is 2.09. The van der Waals surface area contributed by atoms with Gasteiger partial charge in [-0.05, 0) is 6.42 Å². The lowest BCUT2D eigenvalue weighted by Crippen LogP contribution is -3.06. The molecule has 0 radical (unpaired) electrons. The van der Waals surface area contributed by atoms with Gasteiger partial charge in [0.15, 0.2) is 11.0 Å². The van der Waals surface area contributed by atoms with E-state index in [9.17, 15) is 9.59 Å². The van der Waals surface area contributed by atoms with Crippen LogP contribution in [0.2, 0.25) is 0 Å². The van der Waals surface area contributed by atoms with Crippen LogP contribution in [-0.4, -0.2) is 46.6 Å². The largest absolute Gasteiger partial charge is 0.351 e. The van der Waals surface area contributed by atoms with E-state index in [4.69, 9.17) is 5.73 Å². The van der Waals surface area contributed by atoms with Crippen molar-refractivity contribution in [2.45, 2.75) is 50.9 Å². The predicted molar refractivity (Wildman–Crippen MR) is 89.2 cm³/mol. The molecule has 23 heavy (non-hydrogen) atoms. The molecule has 0 fully saturated rings. The minimum atomic E-state index is -0.842. The Hall–Kier alpha value is -1.61. The number of nitrogens with one attached hydrogen (secondary N) is 2. The number of unbranched alkanes of at least 4 members (excludes halogenated alkanes) is 1. The normalized spacial score (nSPS) is 12.4. The van der Waals surface area contributed by atoms with Gasteiger partial charge in [0.2, 0.25) is 5.91 Å². The third-order valence-corrected chi connectivity index (χ3v) is 4.46. The summed E-state index contributed by atoms with van der Waals surface area (Å²) >= 11 is 1.27. The number of carbonyl (C=O) groups is 2. The first-order chi connectivity index (χ1) is 10.9. The van der Waals surface area contributed by atoms with Crippen molar-refractivity contribution in [3.05, 3.63) is 5.82 Å². The van der Waals surface area contributed by atoms with Gasteiger partial charge in [-0.15, -0.1) is 10.2 Å². The van der Waals surface area contributed by atoms with Gasteiger partial charge in [-0.25, -0.2) is 4.79 Å². The molecule has 8 nitrogen and oxygen atoms in total. The SMILES string of the molecule is CCCCn1c(SCC(=O)NC(N)=O)nnc1[C@@H](CC)[NH+](C)C. The minimum absolute atomic E-state index is 0.0822. The van der Waals surface area contributed by atoms with Crippen LogP contribution in [0.4, 0.5) is 4.79 Å². The smallest absolute Gasteiger partial charge is 0.318 e. The average Bonchev–Trinajstić information content (AvgIpc) is 2.85. The monoisotopic (exact) mass is 343 g/mol. The molecule has 1 rings (SSSR count). The second kappa shape index (κ2) is 9.51. The van der Waals surface area contributed by atoms with Gasteiger partial charge in [0.1, 0.15) is 6.04 Å². The van der Waals surface area contributed by atoms with E-state index in [1.807, 2.05) is 0 Å². The van der Waals surface area contributed by atoms with Crippen LogP contribution in [0.1, 0.15) is 45.0 Å². The molecule has 1 atom stereocenters. The number of hydrogen-bond acceptors (Lipinski definition) is 5. The number of urea groups is 1. The van der Waals surface area contributed by atoms with Crippen LogP contribution < -0.4 is 16.0 Å². The molecule has 1 heterocycles. The highest BCUT2D eigenvalue weighted by molar-refractivity contribution is 7.99. The molecule has 0 unspecified atom stereocenters. The molecule has 130 valence electrons. The fraction of sp³-hybridized carbons (Fsp3) is 0.714. The molecule has 0 aliphatic heterocycles. The van der Waals surface area contributed by atoms with Crippen LogP contribution in [-0.2, 0) is 11.3 Å². The van der Waals surface area contributed by atoms with Gasteiger partial charge < -0.3 is 15.2 Å². The van der Waals surface area contributed by atoms with Crippen molar-refractivity contribution in [2.75, 3.05) is 19.8 Å². The average molecular weight is 343 g/mol. The standard InChI is InChI=1S/C14H26N6O2S/c1-5-7-8-20-12(10(6-2)19(3)4)17-18-14(20)23-9-11(21)16-13(15)22/h10H,5-9H2,1-4H3,(H3,15,16,21,22)/p+1/t10-/m1/s1. The summed E-state index contributed by atoms with van der Waals surface area (Å²) in [5.74, 6) is 0.594. The molecular formula is C14H27N6O2S+. The minimum Gasteiger partial charge on any atom is -0.351 e. The molecule has 9 heteroatoms. The number of thioether (sulfide) groups is 1. The quantitative estimate of drug-likeness (QED) is 0.545. The highest BCUT2D eigenvalue weighted by Gasteiger charge is 2.24. The molecule has 1 aromatic rings. The van der Waals surface area contributed by atoms with Crippen molar-refractivity contribution in [3.63, 3.8) is 0 Å². The number of primary amides is 1. The van der Waals surface area contributed by atoms with Crippen LogP contribution in [0, 0.1) is 0 Å². The van der Waals surface area contributed by atoms with E-state index in [1.165, 1.54) is 16.7 Å². The first kappa shape index (κ1) is 19.4. The molecule has 0 aliphatic carbocycles. The molecule has 0 aromatic carbocycles. The van der Waals surface area contributed by atoms with E-state index in [1.54, 1.807) is 0 Å². The van der Waals surface area contributed by atoms with Gasteiger partial charge in [0.25, 0.3) is 0 Å².